The predicted molar refractivity (Wildman–Crippen MR) is 81.5 cm³/mol. The van der Waals surface area contributed by atoms with Gasteiger partial charge in [-0.15, -0.1) is 0 Å². The first kappa shape index (κ1) is 17.0. The Morgan fingerprint density at radius 2 is 1.65 bits per heavy atom. The van der Waals surface area contributed by atoms with Gasteiger partial charge in [0.05, 0.1) is 6.61 Å². The van der Waals surface area contributed by atoms with Gasteiger partial charge >= 0.3 is 0 Å². The zero-order chi connectivity index (χ0) is 14.5. The van der Waals surface area contributed by atoms with Gasteiger partial charge in [-0.05, 0) is 12.5 Å². The van der Waals surface area contributed by atoms with Crippen LogP contribution in [0.2, 0.25) is 0 Å². The molecule has 1 rings (SSSR count). The molecule has 0 saturated carbocycles. The highest BCUT2D eigenvalue weighted by Crippen LogP contribution is 2.09. The molecule has 1 N–H and O–H groups in total. The second-order valence-corrected chi connectivity index (χ2v) is 5.44. The maximum atomic E-state index is 9.31. The van der Waals surface area contributed by atoms with E-state index >= 15 is 0 Å². The fraction of sp³-hybridized carbons (Fsp3) is 0.706. The lowest BCUT2D eigenvalue weighted by molar-refractivity contribution is -0.733. The molecule has 3 nitrogen and oxygen atoms in total. The van der Waals surface area contributed by atoms with Crippen molar-refractivity contribution in [2.75, 3.05) is 6.61 Å². The first-order chi connectivity index (χ1) is 9.83. The molecule has 0 fully saturated rings. The third-order valence-electron chi connectivity index (χ3n) is 3.48. The van der Waals surface area contributed by atoms with Gasteiger partial charge in [0.1, 0.15) is 0 Å². The van der Waals surface area contributed by atoms with Crippen molar-refractivity contribution in [3.05, 3.63) is 24.5 Å². The molecule has 0 saturated heterocycles. The molecule has 20 heavy (non-hydrogen) atoms. The smallest absolute Gasteiger partial charge is 0.252 e. The molecule has 1 aromatic rings. The van der Waals surface area contributed by atoms with Crippen LogP contribution in [0, 0.1) is 0 Å². The molecule has 0 aliphatic heterocycles. The van der Waals surface area contributed by atoms with Crippen LogP contribution in [-0.4, -0.2) is 11.7 Å². The third-order valence-corrected chi connectivity index (χ3v) is 3.48. The monoisotopic (exact) mass is 280 g/mol. The Labute approximate surface area is 123 Å². The average Bonchev–Trinajstić information content (AvgIpc) is 2.45. The van der Waals surface area contributed by atoms with Crippen LogP contribution in [0.4, 0.5) is 0 Å². The summed E-state index contributed by atoms with van der Waals surface area (Å²) >= 11 is 0. The summed E-state index contributed by atoms with van der Waals surface area (Å²) in [4.78, 5) is 0. The second kappa shape index (κ2) is 11.7. The molecule has 0 aliphatic rings. The molecule has 3 heteroatoms. The van der Waals surface area contributed by atoms with E-state index in [0.29, 0.717) is 6.73 Å². The van der Waals surface area contributed by atoms with Gasteiger partial charge < -0.3 is 9.84 Å². The lowest BCUT2D eigenvalue weighted by atomic mass is 10.1. The molecular weight excluding hydrogens is 250 g/mol. The highest BCUT2D eigenvalue weighted by atomic mass is 16.5. The lowest BCUT2D eigenvalue weighted by Crippen LogP contribution is -2.34. The minimum absolute atomic E-state index is 0.277. The van der Waals surface area contributed by atoms with E-state index in [0.717, 1.165) is 13.0 Å². The normalized spacial score (nSPS) is 10.8. The quantitative estimate of drug-likeness (QED) is 0.460. The van der Waals surface area contributed by atoms with Gasteiger partial charge in [0.15, 0.2) is 11.9 Å². The highest BCUT2D eigenvalue weighted by Gasteiger charge is 2.00. The van der Waals surface area contributed by atoms with Gasteiger partial charge in [-0.2, -0.15) is 4.57 Å². The first-order valence-corrected chi connectivity index (χ1v) is 8.08. The zero-order valence-corrected chi connectivity index (χ0v) is 12.9. The van der Waals surface area contributed by atoms with Crippen molar-refractivity contribution in [3.8, 4) is 5.75 Å². The molecule has 0 unspecified atom stereocenters. The number of aromatic nitrogens is 1. The van der Waals surface area contributed by atoms with Gasteiger partial charge in [0.2, 0.25) is 6.20 Å². The standard InChI is InChI=1S/C17H29NO2/c1-2-3-4-5-6-7-8-9-10-14-20-16-18-13-11-12-17(19)15-18/h11-13,15H,2-10,14,16H2,1H3/p+1. The number of hydrogen-bond donors (Lipinski definition) is 1. The van der Waals surface area contributed by atoms with E-state index in [2.05, 4.69) is 6.92 Å². The van der Waals surface area contributed by atoms with Crippen LogP contribution in [-0.2, 0) is 11.5 Å². The zero-order valence-electron chi connectivity index (χ0n) is 12.9. The van der Waals surface area contributed by atoms with E-state index in [-0.39, 0.29) is 5.75 Å². The first-order valence-electron chi connectivity index (χ1n) is 8.08. The van der Waals surface area contributed by atoms with Gasteiger partial charge in [-0.3, -0.25) is 0 Å². The van der Waals surface area contributed by atoms with Gasteiger partial charge in [0.25, 0.3) is 6.73 Å². The van der Waals surface area contributed by atoms with Crippen molar-refractivity contribution in [1.82, 2.24) is 0 Å². The average molecular weight is 280 g/mol. The molecule has 0 spiro atoms. The van der Waals surface area contributed by atoms with Gasteiger partial charge in [-0.25, -0.2) is 0 Å². The fourth-order valence-electron chi connectivity index (χ4n) is 2.27. The molecule has 0 aliphatic carbocycles. The summed E-state index contributed by atoms with van der Waals surface area (Å²) in [5, 5.41) is 9.31. The summed E-state index contributed by atoms with van der Waals surface area (Å²) in [6, 6.07) is 3.48. The van der Waals surface area contributed by atoms with Crippen LogP contribution in [0.3, 0.4) is 0 Å². The summed E-state index contributed by atoms with van der Waals surface area (Å²) in [6.07, 6.45) is 15.6. The number of ether oxygens (including phenoxy) is 1. The summed E-state index contributed by atoms with van der Waals surface area (Å²) in [5.41, 5.74) is 0. The molecule has 0 amide bonds. The van der Waals surface area contributed by atoms with Crippen LogP contribution < -0.4 is 4.57 Å². The molecule has 0 radical (unpaired) electrons. The van der Waals surface area contributed by atoms with Crippen LogP contribution in [0.1, 0.15) is 64.7 Å². The Morgan fingerprint density at radius 3 is 2.30 bits per heavy atom. The molecule has 114 valence electrons. The number of unbranched alkanes of at least 4 members (excludes halogenated alkanes) is 8. The Balaban J connectivity index is 1.85. The van der Waals surface area contributed by atoms with Crippen molar-refractivity contribution in [2.24, 2.45) is 0 Å². The Kier molecular flexibility index (Phi) is 9.93. The van der Waals surface area contributed by atoms with E-state index in [9.17, 15) is 5.11 Å². The van der Waals surface area contributed by atoms with Crippen molar-refractivity contribution in [2.45, 2.75) is 71.4 Å². The summed E-state index contributed by atoms with van der Waals surface area (Å²) in [5.74, 6) is 0.277. The van der Waals surface area contributed by atoms with Crippen LogP contribution >= 0.6 is 0 Å². The molecular formula is C17H30NO2+. The molecule has 0 bridgehead atoms. The number of aromatic hydroxyl groups is 1. The maximum Gasteiger partial charge on any atom is 0.252 e. The Hall–Kier alpha value is -1.09. The maximum absolute atomic E-state index is 9.31. The minimum Gasteiger partial charge on any atom is -0.503 e. The highest BCUT2D eigenvalue weighted by molar-refractivity contribution is 5.09. The Bertz CT molecular complexity index is 342. The number of rotatable bonds is 12. The molecule has 0 aromatic carbocycles. The van der Waals surface area contributed by atoms with E-state index in [1.54, 1.807) is 12.3 Å². The van der Waals surface area contributed by atoms with Crippen LogP contribution in [0.15, 0.2) is 24.5 Å². The van der Waals surface area contributed by atoms with E-state index in [1.165, 1.54) is 51.4 Å². The van der Waals surface area contributed by atoms with E-state index in [4.69, 9.17) is 4.74 Å². The predicted octanol–water partition coefficient (Wildman–Crippen LogP) is 4.18. The fourth-order valence-corrected chi connectivity index (χ4v) is 2.27. The molecule has 0 atom stereocenters. The molecule has 1 heterocycles. The third kappa shape index (κ3) is 8.92. The second-order valence-electron chi connectivity index (χ2n) is 5.44. The van der Waals surface area contributed by atoms with Crippen molar-refractivity contribution in [1.29, 1.82) is 0 Å². The topological polar surface area (TPSA) is 33.3 Å². The van der Waals surface area contributed by atoms with Crippen molar-refractivity contribution < 1.29 is 14.4 Å². The lowest BCUT2D eigenvalue weighted by Gasteiger charge is -2.02. The summed E-state index contributed by atoms with van der Waals surface area (Å²) in [6.45, 7) is 3.58. The summed E-state index contributed by atoms with van der Waals surface area (Å²) < 4.78 is 7.44. The largest absolute Gasteiger partial charge is 0.503 e. The van der Waals surface area contributed by atoms with Crippen molar-refractivity contribution in [3.63, 3.8) is 0 Å². The number of nitrogens with zero attached hydrogens (tertiary/aromatic N) is 1. The minimum atomic E-state index is 0.277. The van der Waals surface area contributed by atoms with Gasteiger partial charge in [-0.1, -0.05) is 58.3 Å². The van der Waals surface area contributed by atoms with Crippen LogP contribution in [0.25, 0.3) is 0 Å². The van der Waals surface area contributed by atoms with Gasteiger partial charge in [0, 0.05) is 6.07 Å². The van der Waals surface area contributed by atoms with E-state index in [1.807, 2.05) is 16.8 Å². The van der Waals surface area contributed by atoms with Crippen LogP contribution in [0.5, 0.6) is 5.75 Å². The van der Waals surface area contributed by atoms with E-state index < -0.39 is 0 Å². The SMILES string of the molecule is CCCCCCCCCCCOC[n+]1cccc(O)c1. The van der Waals surface area contributed by atoms with Crippen molar-refractivity contribution >= 4 is 0 Å². The number of pyridine rings is 1. The summed E-state index contributed by atoms with van der Waals surface area (Å²) in [7, 11) is 0. The Morgan fingerprint density at radius 1 is 1.00 bits per heavy atom. The molecule has 1 aromatic heterocycles. The number of hydrogen-bond acceptors (Lipinski definition) is 2.